The number of hydrogen-bond acceptors (Lipinski definition) is 6. The standard InChI is InChI=1S/C16H14Cl2N4O2S/c17-8-4-3-7(6-9(8)18)13-11-12(19)14(15(20)24)25-16(11)22-10(21-13)2-1-5-23/h3-4,6,23H,1-2,5,19H2,(H2,20,24). The van der Waals surface area contributed by atoms with Gasteiger partial charge in [0.2, 0.25) is 0 Å². The number of benzene rings is 1. The second-order valence-electron chi connectivity index (χ2n) is 5.33. The Labute approximate surface area is 157 Å². The molecule has 5 N–H and O–H groups in total. The molecule has 0 aliphatic carbocycles. The van der Waals surface area contributed by atoms with Crippen LogP contribution in [0, 0.1) is 0 Å². The average molecular weight is 397 g/mol. The summed E-state index contributed by atoms with van der Waals surface area (Å²) in [4.78, 5) is 21.4. The zero-order chi connectivity index (χ0) is 18.1. The summed E-state index contributed by atoms with van der Waals surface area (Å²) in [6.45, 7) is 0.0304. The molecule has 0 aliphatic heterocycles. The Kier molecular flexibility index (Phi) is 5.10. The van der Waals surface area contributed by atoms with Crippen molar-refractivity contribution in [2.24, 2.45) is 5.73 Å². The quantitative estimate of drug-likeness (QED) is 0.611. The summed E-state index contributed by atoms with van der Waals surface area (Å²) >= 11 is 13.2. The van der Waals surface area contributed by atoms with Crippen molar-refractivity contribution < 1.29 is 9.90 Å². The van der Waals surface area contributed by atoms with Crippen LogP contribution in [0.4, 0.5) is 5.69 Å². The lowest BCUT2D eigenvalue weighted by molar-refractivity contribution is 0.100. The van der Waals surface area contributed by atoms with Crippen LogP contribution in [0.25, 0.3) is 21.5 Å². The van der Waals surface area contributed by atoms with E-state index in [-0.39, 0.29) is 17.2 Å². The minimum Gasteiger partial charge on any atom is -0.397 e. The summed E-state index contributed by atoms with van der Waals surface area (Å²) in [5.74, 6) is -0.0719. The molecule has 0 radical (unpaired) electrons. The number of hydrogen-bond donors (Lipinski definition) is 3. The first-order chi connectivity index (χ1) is 11.9. The van der Waals surface area contributed by atoms with Gasteiger partial charge in [-0.05, 0) is 18.6 Å². The molecule has 0 atom stereocenters. The number of aliphatic hydroxyl groups is 1. The maximum absolute atomic E-state index is 11.6. The topological polar surface area (TPSA) is 115 Å². The average Bonchev–Trinajstić information content (AvgIpc) is 2.92. The van der Waals surface area contributed by atoms with Crippen LogP contribution >= 0.6 is 34.5 Å². The predicted octanol–water partition coefficient (Wildman–Crippen LogP) is 3.27. The van der Waals surface area contributed by atoms with E-state index >= 15 is 0 Å². The minimum absolute atomic E-state index is 0.0304. The highest BCUT2D eigenvalue weighted by Crippen LogP contribution is 2.39. The molecule has 0 saturated carbocycles. The monoisotopic (exact) mass is 396 g/mol. The molecule has 0 spiro atoms. The zero-order valence-electron chi connectivity index (χ0n) is 12.9. The number of aryl methyl sites for hydroxylation is 1. The fourth-order valence-corrected chi connectivity index (χ4v) is 3.71. The lowest BCUT2D eigenvalue weighted by Crippen LogP contribution is -2.10. The van der Waals surface area contributed by atoms with Gasteiger partial charge in [-0.2, -0.15) is 0 Å². The molecule has 6 nitrogen and oxygen atoms in total. The van der Waals surface area contributed by atoms with Crippen molar-refractivity contribution in [2.45, 2.75) is 12.8 Å². The SMILES string of the molecule is NC(=O)c1sc2nc(CCCO)nc(-c3ccc(Cl)c(Cl)c3)c2c1N. The van der Waals surface area contributed by atoms with E-state index < -0.39 is 5.91 Å². The number of carbonyl (C=O) groups excluding carboxylic acids is 1. The number of anilines is 1. The summed E-state index contributed by atoms with van der Waals surface area (Å²) in [7, 11) is 0. The van der Waals surface area contributed by atoms with Crippen molar-refractivity contribution in [1.29, 1.82) is 0 Å². The molecule has 0 bridgehead atoms. The van der Waals surface area contributed by atoms with E-state index in [1.54, 1.807) is 18.2 Å². The molecular formula is C16H14Cl2N4O2S. The highest BCUT2D eigenvalue weighted by molar-refractivity contribution is 7.21. The van der Waals surface area contributed by atoms with E-state index in [2.05, 4.69) is 9.97 Å². The van der Waals surface area contributed by atoms with Gasteiger partial charge in [-0.3, -0.25) is 4.79 Å². The zero-order valence-corrected chi connectivity index (χ0v) is 15.3. The Morgan fingerprint density at radius 3 is 2.64 bits per heavy atom. The molecule has 0 unspecified atom stereocenters. The summed E-state index contributed by atoms with van der Waals surface area (Å²) in [6.07, 6.45) is 1.01. The molecular weight excluding hydrogens is 383 g/mol. The first kappa shape index (κ1) is 17.9. The van der Waals surface area contributed by atoms with Crippen molar-refractivity contribution in [3.63, 3.8) is 0 Å². The van der Waals surface area contributed by atoms with Crippen molar-refractivity contribution >= 4 is 56.3 Å². The van der Waals surface area contributed by atoms with Gasteiger partial charge >= 0.3 is 0 Å². The number of rotatable bonds is 5. The largest absolute Gasteiger partial charge is 0.397 e. The molecule has 2 heterocycles. The third-order valence-corrected chi connectivity index (χ3v) is 5.46. The van der Waals surface area contributed by atoms with Crippen LogP contribution in [0.2, 0.25) is 10.0 Å². The van der Waals surface area contributed by atoms with Gasteiger partial charge in [0.05, 0.1) is 26.8 Å². The highest BCUT2D eigenvalue weighted by Gasteiger charge is 2.21. The molecule has 3 rings (SSSR count). The van der Waals surface area contributed by atoms with Crippen LogP contribution in [0.3, 0.4) is 0 Å². The second kappa shape index (κ2) is 7.13. The van der Waals surface area contributed by atoms with Gasteiger partial charge in [-0.1, -0.05) is 29.3 Å². The third kappa shape index (κ3) is 3.41. The van der Waals surface area contributed by atoms with Crippen molar-refractivity contribution in [3.05, 3.63) is 38.9 Å². The summed E-state index contributed by atoms with van der Waals surface area (Å²) in [6, 6.07) is 5.12. The normalized spacial score (nSPS) is 11.2. The molecule has 130 valence electrons. The number of nitrogen functional groups attached to an aromatic ring is 1. The van der Waals surface area contributed by atoms with E-state index in [0.29, 0.717) is 50.2 Å². The van der Waals surface area contributed by atoms with E-state index in [9.17, 15) is 4.79 Å². The number of thiophene rings is 1. The molecule has 1 amide bonds. The van der Waals surface area contributed by atoms with Crippen LogP contribution < -0.4 is 11.5 Å². The summed E-state index contributed by atoms with van der Waals surface area (Å²) in [5, 5.41) is 10.4. The molecule has 0 fully saturated rings. The van der Waals surface area contributed by atoms with Gasteiger partial charge in [0.1, 0.15) is 15.5 Å². The number of fused-ring (bicyclic) bond motifs is 1. The first-order valence-corrected chi connectivity index (χ1v) is 8.94. The van der Waals surface area contributed by atoms with Crippen molar-refractivity contribution in [3.8, 4) is 11.3 Å². The number of halogens is 2. The number of primary amides is 1. The maximum Gasteiger partial charge on any atom is 0.260 e. The molecule has 0 aliphatic rings. The molecule has 3 aromatic rings. The van der Waals surface area contributed by atoms with E-state index in [1.165, 1.54) is 0 Å². The van der Waals surface area contributed by atoms with Crippen LogP contribution in [-0.4, -0.2) is 27.6 Å². The smallest absolute Gasteiger partial charge is 0.260 e. The fourth-order valence-electron chi connectivity index (χ4n) is 2.45. The van der Waals surface area contributed by atoms with E-state index in [1.807, 2.05) is 0 Å². The lowest BCUT2D eigenvalue weighted by Gasteiger charge is -2.08. The van der Waals surface area contributed by atoms with Crippen molar-refractivity contribution in [1.82, 2.24) is 9.97 Å². The number of amides is 1. The van der Waals surface area contributed by atoms with Crippen LogP contribution in [0.5, 0.6) is 0 Å². The van der Waals surface area contributed by atoms with Crippen LogP contribution in [-0.2, 0) is 6.42 Å². The van der Waals surface area contributed by atoms with Crippen molar-refractivity contribution in [2.75, 3.05) is 12.3 Å². The summed E-state index contributed by atoms with van der Waals surface area (Å²) in [5.41, 5.74) is 13.0. The number of nitrogens with zero attached hydrogens (tertiary/aromatic N) is 2. The highest BCUT2D eigenvalue weighted by atomic mass is 35.5. The molecule has 25 heavy (non-hydrogen) atoms. The molecule has 9 heteroatoms. The van der Waals surface area contributed by atoms with Gasteiger partial charge in [0.25, 0.3) is 5.91 Å². The Morgan fingerprint density at radius 1 is 1.24 bits per heavy atom. The maximum atomic E-state index is 11.6. The molecule has 2 aromatic heterocycles. The fraction of sp³-hybridized carbons (Fsp3) is 0.188. The van der Waals surface area contributed by atoms with Gasteiger partial charge in [-0.25, -0.2) is 9.97 Å². The van der Waals surface area contributed by atoms with Crippen LogP contribution in [0.15, 0.2) is 18.2 Å². The van der Waals surface area contributed by atoms with Gasteiger partial charge in [-0.15, -0.1) is 11.3 Å². The summed E-state index contributed by atoms with van der Waals surface area (Å²) < 4.78 is 0. The Balaban J connectivity index is 2.29. The number of aromatic nitrogens is 2. The number of nitrogens with two attached hydrogens (primary N) is 2. The number of aliphatic hydroxyl groups excluding tert-OH is 1. The van der Waals surface area contributed by atoms with Gasteiger partial charge in [0.15, 0.2) is 0 Å². The Hall–Kier alpha value is -1.93. The Bertz CT molecular complexity index is 974. The second-order valence-corrected chi connectivity index (χ2v) is 7.15. The predicted molar refractivity (Wildman–Crippen MR) is 101 cm³/mol. The minimum atomic E-state index is -0.613. The van der Waals surface area contributed by atoms with Crippen LogP contribution in [0.1, 0.15) is 21.9 Å². The first-order valence-electron chi connectivity index (χ1n) is 7.37. The third-order valence-electron chi connectivity index (χ3n) is 3.61. The van der Waals surface area contributed by atoms with E-state index in [0.717, 1.165) is 11.3 Å². The van der Waals surface area contributed by atoms with Gasteiger partial charge in [0, 0.05) is 18.6 Å². The van der Waals surface area contributed by atoms with E-state index in [4.69, 9.17) is 39.8 Å². The van der Waals surface area contributed by atoms with Gasteiger partial charge < -0.3 is 16.6 Å². The molecule has 0 saturated heterocycles. The number of carbonyl (C=O) groups is 1. The Morgan fingerprint density at radius 2 is 2.00 bits per heavy atom. The lowest BCUT2D eigenvalue weighted by atomic mass is 10.1. The molecule has 1 aromatic carbocycles.